The molecular weight excluding hydrogens is 575 g/mol. The summed E-state index contributed by atoms with van der Waals surface area (Å²) in [4.78, 5) is 2.36. The van der Waals surface area contributed by atoms with E-state index in [4.69, 9.17) is 0 Å². The number of thiophene rings is 1. The molecule has 0 unspecified atom stereocenters. The normalized spacial score (nSPS) is 11.5. The number of benzene rings is 8. The minimum atomic E-state index is 1.13. The van der Waals surface area contributed by atoms with Crippen LogP contribution in [0.25, 0.3) is 64.0 Å². The van der Waals surface area contributed by atoms with Crippen LogP contribution in [0.4, 0.5) is 17.1 Å². The van der Waals surface area contributed by atoms with Crippen molar-refractivity contribution in [3.8, 4) is 22.3 Å². The predicted molar refractivity (Wildman–Crippen MR) is 200 cm³/mol. The lowest BCUT2D eigenvalue weighted by molar-refractivity contribution is 1.29. The van der Waals surface area contributed by atoms with E-state index < -0.39 is 0 Å². The molecule has 0 N–H and O–H groups in total. The van der Waals surface area contributed by atoms with Crippen molar-refractivity contribution in [3.63, 3.8) is 0 Å². The van der Waals surface area contributed by atoms with Crippen LogP contribution >= 0.6 is 11.3 Å². The molecule has 1 nitrogen and oxygen atoms in total. The van der Waals surface area contributed by atoms with Crippen molar-refractivity contribution in [3.05, 3.63) is 176 Å². The average molecular weight is 604 g/mol. The van der Waals surface area contributed by atoms with Crippen LogP contribution in [0.15, 0.2) is 176 Å². The van der Waals surface area contributed by atoms with Gasteiger partial charge in [-0.1, -0.05) is 127 Å². The highest BCUT2D eigenvalue weighted by molar-refractivity contribution is 7.25. The van der Waals surface area contributed by atoms with E-state index in [2.05, 4.69) is 181 Å². The summed E-state index contributed by atoms with van der Waals surface area (Å²) in [5.74, 6) is 0. The second-order valence-corrected chi connectivity index (χ2v) is 12.8. The van der Waals surface area contributed by atoms with Gasteiger partial charge in [-0.05, 0) is 92.3 Å². The molecule has 0 amide bonds. The molecule has 0 aliphatic rings. The molecule has 0 saturated heterocycles. The monoisotopic (exact) mass is 603 g/mol. The molecule has 8 aromatic carbocycles. The summed E-state index contributed by atoms with van der Waals surface area (Å²) in [7, 11) is 0. The summed E-state index contributed by atoms with van der Waals surface area (Å²) >= 11 is 1.86. The quantitative estimate of drug-likeness (QED) is 0.177. The average Bonchev–Trinajstić information content (AvgIpc) is 3.50. The van der Waals surface area contributed by atoms with Crippen LogP contribution in [0.1, 0.15) is 0 Å². The van der Waals surface area contributed by atoms with Crippen LogP contribution < -0.4 is 4.90 Å². The molecule has 216 valence electrons. The third-order valence-corrected chi connectivity index (χ3v) is 10.2. The summed E-state index contributed by atoms with van der Waals surface area (Å²) in [5, 5.41) is 7.73. The van der Waals surface area contributed by atoms with Crippen molar-refractivity contribution in [2.45, 2.75) is 0 Å². The maximum Gasteiger partial charge on any atom is 0.0476 e. The van der Waals surface area contributed by atoms with Gasteiger partial charge in [-0.25, -0.2) is 0 Å². The van der Waals surface area contributed by atoms with Crippen LogP contribution in [0.5, 0.6) is 0 Å². The summed E-state index contributed by atoms with van der Waals surface area (Å²) < 4.78 is 2.62. The molecule has 9 rings (SSSR count). The number of para-hydroxylation sites is 1. The van der Waals surface area contributed by atoms with Crippen molar-refractivity contribution in [2.75, 3.05) is 4.90 Å². The third kappa shape index (κ3) is 4.46. The molecular formula is C44H29NS. The van der Waals surface area contributed by atoms with E-state index >= 15 is 0 Å². The van der Waals surface area contributed by atoms with Gasteiger partial charge in [0, 0.05) is 37.2 Å². The van der Waals surface area contributed by atoms with Crippen molar-refractivity contribution in [1.82, 2.24) is 0 Å². The topological polar surface area (TPSA) is 3.24 Å². The standard InChI is InChI=1S/C44H29NS/c1-3-12-30(13-4-1)37-19-11-20-40-36-17-8-7-14-32(36)28-41(44(37)40)31-22-24-34(25-23-31)45(33-15-5-2-6-16-33)35-26-27-39-38-18-9-10-21-42(38)46-43(39)29-35/h1-29H. The van der Waals surface area contributed by atoms with Crippen molar-refractivity contribution < 1.29 is 0 Å². The van der Waals surface area contributed by atoms with Crippen LogP contribution in [0, 0.1) is 0 Å². The Balaban J connectivity index is 1.21. The lowest BCUT2D eigenvalue weighted by Gasteiger charge is -2.26. The number of anilines is 3. The van der Waals surface area contributed by atoms with E-state index in [0.717, 1.165) is 17.1 Å². The van der Waals surface area contributed by atoms with Gasteiger partial charge in [0.2, 0.25) is 0 Å². The maximum absolute atomic E-state index is 2.36. The number of hydrogen-bond donors (Lipinski definition) is 0. The molecule has 0 atom stereocenters. The van der Waals surface area contributed by atoms with Gasteiger partial charge in [-0.3, -0.25) is 0 Å². The summed E-state index contributed by atoms with van der Waals surface area (Å²) in [6.45, 7) is 0. The Bertz CT molecular complexity index is 2510. The Morgan fingerprint density at radius 2 is 0.957 bits per heavy atom. The Hall–Kier alpha value is -5.70. The first kappa shape index (κ1) is 26.7. The van der Waals surface area contributed by atoms with E-state index in [1.165, 1.54) is 64.0 Å². The van der Waals surface area contributed by atoms with Gasteiger partial charge in [0.25, 0.3) is 0 Å². The predicted octanol–water partition coefficient (Wildman–Crippen LogP) is 13.2. The molecule has 0 aliphatic heterocycles. The number of nitrogens with zero attached hydrogens (tertiary/aromatic N) is 1. The van der Waals surface area contributed by atoms with Gasteiger partial charge in [-0.15, -0.1) is 11.3 Å². The van der Waals surface area contributed by atoms with Crippen molar-refractivity contribution in [1.29, 1.82) is 0 Å². The molecule has 0 spiro atoms. The molecule has 0 saturated carbocycles. The van der Waals surface area contributed by atoms with Crippen LogP contribution in [-0.2, 0) is 0 Å². The summed E-state index contributed by atoms with van der Waals surface area (Å²) in [6.07, 6.45) is 0. The second kappa shape index (κ2) is 11.0. The molecule has 2 heteroatoms. The number of fused-ring (bicyclic) bond motifs is 6. The van der Waals surface area contributed by atoms with E-state index in [1.54, 1.807) is 0 Å². The third-order valence-electron chi connectivity index (χ3n) is 9.04. The molecule has 9 aromatic rings. The smallest absolute Gasteiger partial charge is 0.0476 e. The Kier molecular flexibility index (Phi) is 6.40. The maximum atomic E-state index is 2.36. The Morgan fingerprint density at radius 1 is 0.348 bits per heavy atom. The number of rotatable bonds is 5. The fraction of sp³-hybridized carbons (Fsp3) is 0. The van der Waals surface area contributed by atoms with Crippen LogP contribution in [-0.4, -0.2) is 0 Å². The molecule has 0 aliphatic carbocycles. The Morgan fingerprint density at radius 3 is 1.78 bits per heavy atom. The van der Waals surface area contributed by atoms with E-state index in [-0.39, 0.29) is 0 Å². The lowest BCUT2D eigenvalue weighted by Crippen LogP contribution is -2.09. The highest BCUT2D eigenvalue weighted by atomic mass is 32.1. The molecule has 1 heterocycles. The lowest BCUT2D eigenvalue weighted by atomic mass is 9.88. The van der Waals surface area contributed by atoms with Gasteiger partial charge < -0.3 is 4.90 Å². The molecule has 0 radical (unpaired) electrons. The SMILES string of the molecule is c1ccc(-c2cccc3c2c(-c2ccc(N(c4ccccc4)c4ccc5c(c4)sc4ccccc45)cc2)cc2ccccc23)cc1. The minimum absolute atomic E-state index is 1.13. The van der Waals surface area contributed by atoms with E-state index in [1.807, 2.05) is 11.3 Å². The molecule has 46 heavy (non-hydrogen) atoms. The van der Waals surface area contributed by atoms with Gasteiger partial charge in [0.1, 0.15) is 0 Å². The molecule has 0 fully saturated rings. The molecule has 0 bridgehead atoms. The largest absolute Gasteiger partial charge is 0.310 e. The number of hydrogen-bond acceptors (Lipinski definition) is 2. The highest BCUT2D eigenvalue weighted by Crippen LogP contribution is 2.43. The molecule has 1 aromatic heterocycles. The van der Waals surface area contributed by atoms with E-state index in [0.29, 0.717) is 0 Å². The first-order valence-electron chi connectivity index (χ1n) is 15.7. The fourth-order valence-corrected chi connectivity index (χ4v) is 8.06. The summed E-state index contributed by atoms with van der Waals surface area (Å²) in [6, 6.07) is 63.9. The first-order valence-corrected chi connectivity index (χ1v) is 16.5. The van der Waals surface area contributed by atoms with Crippen LogP contribution in [0.3, 0.4) is 0 Å². The highest BCUT2D eigenvalue weighted by Gasteiger charge is 2.17. The Labute approximate surface area is 272 Å². The van der Waals surface area contributed by atoms with E-state index in [9.17, 15) is 0 Å². The van der Waals surface area contributed by atoms with Crippen molar-refractivity contribution in [2.24, 2.45) is 0 Å². The second-order valence-electron chi connectivity index (χ2n) is 11.7. The zero-order valence-corrected chi connectivity index (χ0v) is 25.9. The zero-order valence-electron chi connectivity index (χ0n) is 25.1. The van der Waals surface area contributed by atoms with Gasteiger partial charge in [-0.2, -0.15) is 0 Å². The zero-order chi connectivity index (χ0) is 30.5. The summed E-state index contributed by atoms with van der Waals surface area (Å²) in [5.41, 5.74) is 8.36. The fourth-order valence-electron chi connectivity index (χ4n) is 6.92. The van der Waals surface area contributed by atoms with Gasteiger partial charge in [0.15, 0.2) is 0 Å². The van der Waals surface area contributed by atoms with Crippen LogP contribution in [0.2, 0.25) is 0 Å². The minimum Gasteiger partial charge on any atom is -0.310 e. The van der Waals surface area contributed by atoms with Crippen molar-refractivity contribution >= 4 is 70.1 Å². The first-order chi connectivity index (χ1) is 22.8. The van der Waals surface area contributed by atoms with Gasteiger partial charge in [0.05, 0.1) is 0 Å². The van der Waals surface area contributed by atoms with Gasteiger partial charge >= 0.3 is 0 Å².